The lowest BCUT2D eigenvalue weighted by molar-refractivity contribution is 0.489. The molecule has 0 aromatic carbocycles. The largest absolute Gasteiger partial charge is 0.296 e. The fourth-order valence-electron chi connectivity index (χ4n) is 1.91. The number of rotatable bonds is 4. The summed E-state index contributed by atoms with van der Waals surface area (Å²) in [7, 11) is 1.50. The van der Waals surface area contributed by atoms with Gasteiger partial charge in [-0.3, -0.25) is 4.57 Å². The van der Waals surface area contributed by atoms with E-state index in [1.807, 2.05) is 27.7 Å². The molecule has 0 N–H and O–H groups in total. The zero-order valence-electron chi connectivity index (χ0n) is 11.6. The molecule has 0 fully saturated rings. The molecule has 110 valence electrons. The van der Waals surface area contributed by atoms with E-state index in [4.69, 9.17) is 10.7 Å². The topological polar surface area (TPSA) is 77.7 Å². The quantitative estimate of drug-likeness (QED) is 0.803. The molecule has 0 radical (unpaired) electrons. The van der Waals surface area contributed by atoms with E-state index in [1.54, 1.807) is 4.57 Å². The van der Waals surface area contributed by atoms with Gasteiger partial charge in [-0.2, -0.15) is 0 Å². The van der Waals surface area contributed by atoms with Gasteiger partial charge in [0.15, 0.2) is 5.82 Å². The average Bonchev–Trinajstić information content (AvgIpc) is 2.80. The van der Waals surface area contributed by atoms with Gasteiger partial charge in [0.1, 0.15) is 0 Å². The Kier molecular flexibility index (Phi) is 4.17. The third-order valence-corrected chi connectivity index (χ3v) is 4.81. The van der Waals surface area contributed by atoms with Crippen molar-refractivity contribution in [3.8, 4) is 10.7 Å². The van der Waals surface area contributed by atoms with Gasteiger partial charge in [-0.1, -0.05) is 13.8 Å². The van der Waals surface area contributed by atoms with Crippen LogP contribution in [0.4, 0.5) is 0 Å². The summed E-state index contributed by atoms with van der Waals surface area (Å²) in [6.45, 7) is 8.20. The molecule has 0 amide bonds. The normalized spacial score (nSPS) is 12.3. The van der Waals surface area contributed by atoms with E-state index < -0.39 is 9.05 Å². The minimum Gasteiger partial charge on any atom is -0.296 e. The Hall–Kier alpha value is -0.990. The van der Waals surface area contributed by atoms with Gasteiger partial charge in [-0.15, -0.1) is 21.5 Å². The van der Waals surface area contributed by atoms with Crippen LogP contribution in [0.25, 0.3) is 10.7 Å². The lowest BCUT2D eigenvalue weighted by Gasteiger charge is -2.10. The van der Waals surface area contributed by atoms with Crippen LogP contribution in [0.5, 0.6) is 0 Å². The van der Waals surface area contributed by atoms with Crippen molar-refractivity contribution in [2.24, 2.45) is 5.92 Å². The Bertz CT molecular complexity index is 734. The number of halogens is 1. The molecular weight excluding hydrogens is 320 g/mol. The van der Waals surface area contributed by atoms with Crippen LogP contribution in [-0.4, -0.2) is 28.2 Å². The molecular formula is C11H15ClN4O2S2. The first-order valence-electron chi connectivity index (χ1n) is 6.02. The van der Waals surface area contributed by atoms with Crippen molar-refractivity contribution in [3.05, 3.63) is 10.7 Å². The Morgan fingerprint density at radius 3 is 2.40 bits per heavy atom. The van der Waals surface area contributed by atoms with Gasteiger partial charge in [-0.25, -0.2) is 13.4 Å². The van der Waals surface area contributed by atoms with E-state index in [0.717, 1.165) is 15.6 Å². The Balaban J connectivity index is 2.65. The monoisotopic (exact) mass is 334 g/mol. The Morgan fingerprint density at radius 2 is 1.95 bits per heavy atom. The van der Waals surface area contributed by atoms with Crippen molar-refractivity contribution in [2.75, 3.05) is 0 Å². The van der Waals surface area contributed by atoms with E-state index in [-0.39, 0.29) is 11.1 Å². The van der Waals surface area contributed by atoms with Gasteiger partial charge in [0.05, 0.1) is 15.6 Å². The molecule has 0 saturated heterocycles. The summed E-state index contributed by atoms with van der Waals surface area (Å²) in [6, 6.07) is 0. The molecule has 2 aromatic rings. The minimum atomic E-state index is -3.93. The predicted octanol–water partition coefficient (Wildman–Crippen LogP) is 2.60. The maximum absolute atomic E-state index is 11.6. The highest BCUT2D eigenvalue weighted by Crippen LogP contribution is 2.30. The Morgan fingerprint density at radius 1 is 1.30 bits per heavy atom. The maximum Gasteiger partial charge on any atom is 0.296 e. The Labute approximate surface area is 126 Å². The minimum absolute atomic E-state index is 0.215. The van der Waals surface area contributed by atoms with Gasteiger partial charge in [-0.05, 0) is 19.8 Å². The second kappa shape index (κ2) is 5.42. The van der Waals surface area contributed by atoms with Gasteiger partial charge >= 0.3 is 0 Å². The third kappa shape index (κ3) is 3.02. The van der Waals surface area contributed by atoms with Gasteiger partial charge in [0, 0.05) is 17.2 Å². The fraction of sp³-hybridized carbons (Fsp3) is 0.545. The summed E-state index contributed by atoms with van der Waals surface area (Å²) in [5.74, 6) is 0.734. The molecule has 9 heteroatoms. The molecule has 20 heavy (non-hydrogen) atoms. The van der Waals surface area contributed by atoms with Crippen LogP contribution in [0.2, 0.25) is 0 Å². The molecule has 6 nitrogen and oxygen atoms in total. The second-order valence-electron chi connectivity index (χ2n) is 4.90. The lowest BCUT2D eigenvalue weighted by Crippen LogP contribution is -2.11. The highest BCUT2D eigenvalue weighted by Gasteiger charge is 2.25. The molecule has 0 spiro atoms. The van der Waals surface area contributed by atoms with Gasteiger partial charge in [0.2, 0.25) is 0 Å². The van der Waals surface area contributed by atoms with E-state index in [2.05, 4.69) is 15.2 Å². The van der Waals surface area contributed by atoms with Crippen molar-refractivity contribution >= 4 is 31.1 Å². The van der Waals surface area contributed by atoms with Crippen LogP contribution in [0.3, 0.4) is 0 Å². The van der Waals surface area contributed by atoms with E-state index in [1.165, 1.54) is 11.3 Å². The van der Waals surface area contributed by atoms with Crippen molar-refractivity contribution in [1.29, 1.82) is 0 Å². The standard InChI is InChI=1S/C11H15ClN4O2S2/c1-6(2)5-16-10(9-7(3)13-8(4)19-9)14-15-11(16)20(12,17)18/h6H,5H2,1-4H3. The van der Waals surface area contributed by atoms with E-state index in [0.29, 0.717) is 12.4 Å². The third-order valence-electron chi connectivity index (χ3n) is 2.59. The molecule has 0 aliphatic heterocycles. The summed E-state index contributed by atoms with van der Waals surface area (Å²) in [6.07, 6.45) is 0. The van der Waals surface area contributed by atoms with Crippen LogP contribution >= 0.6 is 22.0 Å². The van der Waals surface area contributed by atoms with Crippen LogP contribution in [0.15, 0.2) is 5.16 Å². The first-order chi connectivity index (χ1) is 9.20. The average molecular weight is 335 g/mol. The van der Waals surface area contributed by atoms with Crippen LogP contribution < -0.4 is 0 Å². The molecule has 0 aliphatic rings. The summed E-state index contributed by atoms with van der Waals surface area (Å²) < 4.78 is 24.7. The first kappa shape index (κ1) is 15.4. The predicted molar refractivity (Wildman–Crippen MR) is 78.5 cm³/mol. The maximum atomic E-state index is 11.6. The second-order valence-corrected chi connectivity index (χ2v) is 8.56. The molecule has 0 saturated carbocycles. The fourth-order valence-corrected chi connectivity index (χ4v) is 3.72. The lowest BCUT2D eigenvalue weighted by atomic mass is 10.2. The molecule has 2 heterocycles. The van der Waals surface area contributed by atoms with Crippen molar-refractivity contribution in [3.63, 3.8) is 0 Å². The molecule has 0 unspecified atom stereocenters. The SMILES string of the molecule is Cc1nc(C)c(-c2nnc(S(=O)(=O)Cl)n2CC(C)C)s1. The molecule has 0 aliphatic carbocycles. The number of aryl methyl sites for hydroxylation is 2. The van der Waals surface area contributed by atoms with Crippen molar-refractivity contribution < 1.29 is 8.42 Å². The summed E-state index contributed by atoms with van der Waals surface area (Å²) in [5, 5.41) is 8.42. The van der Waals surface area contributed by atoms with E-state index >= 15 is 0 Å². The summed E-state index contributed by atoms with van der Waals surface area (Å²) >= 11 is 1.46. The van der Waals surface area contributed by atoms with Gasteiger partial charge < -0.3 is 0 Å². The number of hydrogen-bond donors (Lipinski definition) is 0. The summed E-state index contributed by atoms with van der Waals surface area (Å²) in [4.78, 5) is 5.16. The number of nitrogens with zero attached hydrogens (tertiary/aromatic N) is 4. The molecule has 0 bridgehead atoms. The molecule has 2 rings (SSSR count). The number of hydrogen-bond acceptors (Lipinski definition) is 6. The van der Waals surface area contributed by atoms with Crippen LogP contribution in [0, 0.1) is 19.8 Å². The van der Waals surface area contributed by atoms with Crippen LogP contribution in [0.1, 0.15) is 24.5 Å². The number of thiazole rings is 1. The first-order valence-corrected chi connectivity index (χ1v) is 9.15. The molecule has 2 aromatic heterocycles. The van der Waals surface area contributed by atoms with Crippen LogP contribution in [-0.2, 0) is 15.6 Å². The van der Waals surface area contributed by atoms with Gasteiger partial charge in [0.25, 0.3) is 14.2 Å². The summed E-state index contributed by atoms with van der Waals surface area (Å²) in [5.41, 5.74) is 0.809. The highest BCUT2D eigenvalue weighted by molar-refractivity contribution is 8.13. The zero-order chi connectivity index (χ0) is 15.1. The highest BCUT2D eigenvalue weighted by atomic mass is 35.7. The zero-order valence-corrected chi connectivity index (χ0v) is 14.0. The van der Waals surface area contributed by atoms with Crippen molar-refractivity contribution in [2.45, 2.75) is 39.4 Å². The van der Waals surface area contributed by atoms with Crippen molar-refractivity contribution in [1.82, 2.24) is 19.7 Å². The smallest absolute Gasteiger partial charge is 0.296 e. The van der Waals surface area contributed by atoms with E-state index in [9.17, 15) is 8.42 Å². The molecule has 0 atom stereocenters. The number of aromatic nitrogens is 4.